The first kappa shape index (κ1) is 18.7. The third-order valence-corrected chi connectivity index (χ3v) is 4.57. The summed E-state index contributed by atoms with van der Waals surface area (Å²) in [4.78, 5) is 27.9. The SMILES string of the molecule is CCc1ccc(/C=C/C(=O)NNC(=O)CSc2nc3ccccc3o2)cc1. The number of para-hydroxylation sites is 2. The number of hydrazine groups is 1. The molecule has 2 amide bonds. The van der Waals surface area contributed by atoms with Crippen LogP contribution in [0.4, 0.5) is 0 Å². The molecule has 0 spiro atoms. The number of oxazole rings is 1. The number of benzene rings is 2. The molecule has 0 atom stereocenters. The number of nitrogens with zero attached hydrogens (tertiary/aromatic N) is 1. The van der Waals surface area contributed by atoms with Crippen molar-refractivity contribution in [3.8, 4) is 0 Å². The average molecular weight is 381 g/mol. The molecule has 138 valence electrons. The van der Waals surface area contributed by atoms with E-state index in [0.29, 0.717) is 10.8 Å². The minimum Gasteiger partial charge on any atom is -0.431 e. The summed E-state index contributed by atoms with van der Waals surface area (Å²) >= 11 is 1.16. The van der Waals surface area contributed by atoms with Crippen LogP contribution in [0.2, 0.25) is 0 Å². The highest BCUT2D eigenvalue weighted by atomic mass is 32.2. The molecule has 1 heterocycles. The van der Waals surface area contributed by atoms with Crippen molar-refractivity contribution >= 4 is 40.8 Å². The largest absolute Gasteiger partial charge is 0.431 e. The third kappa shape index (κ3) is 5.46. The number of thioether (sulfide) groups is 1. The monoisotopic (exact) mass is 381 g/mol. The molecule has 1 aromatic heterocycles. The van der Waals surface area contributed by atoms with Gasteiger partial charge < -0.3 is 4.42 Å². The quantitative estimate of drug-likeness (QED) is 0.389. The predicted molar refractivity (Wildman–Crippen MR) is 106 cm³/mol. The van der Waals surface area contributed by atoms with Crippen LogP contribution < -0.4 is 10.9 Å². The van der Waals surface area contributed by atoms with Crippen LogP contribution in [0.1, 0.15) is 18.1 Å². The number of hydrogen-bond acceptors (Lipinski definition) is 5. The zero-order valence-corrected chi connectivity index (χ0v) is 15.6. The summed E-state index contributed by atoms with van der Waals surface area (Å²) < 4.78 is 5.52. The van der Waals surface area contributed by atoms with Crippen LogP contribution in [0.3, 0.4) is 0 Å². The van der Waals surface area contributed by atoms with Gasteiger partial charge in [0.1, 0.15) is 5.52 Å². The molecule has 0 aliphatic rings. The Morgan fingerprint density at radius 1 is 1.11 bits per heavy atom. The minimum absolute atomic E-state index is 0.0787. The van der Waals surface area contributed by atoms with E-state index in [9.17, 15) is 9.59 Å². The van der Waals surface area contributed by atoms with Crippen molar-refractivity contribution in [3.63, 3.8) is 0 Å². The van der Waals surface area contributed by atoms with Crippen molar-refractivity contribution in [1.82, 2.24) is 15.8 Å². The van der Waals surface area contributed by atoms with Gasteiger partial charge in [-0.05, 0) is 35.8 Å². The van der Waals surface area contributed by atoms with E-state index < -0.39 is 5.91 Å². The van der Waals surface area contributed by atoms with Crippen LogP contribution in [0.25, 0.3) is 17.2 Å². The molecule has 2 N–H and O–H groups in total. The van der Waals surface area contributed by atoms with Crippen LogP contribution in [0.5, 0.6) is 0 Å². The summed E-state index contributed by atoms with van der Waals surface area (Å²) in [6.45, 7) is 2.09. The number of aryl methyl sites for hydroxylation is 1. The van der Waals surface area contributed by atoms with Crippen molar-refractivity contribution in [2.24, 2.45) is 0 Å². The summed E-state index contributed by atoms with van der Waals surface area (Å²) in [7, 11) is 0. The first-order valence-corrected chi connectivity index (χ1v) is 9.47. The summed E-state index contributed by atoms with van der Waals surface area (Å²) in [5.41, 5.74) is 8.28. The Balaban J connectivity index is 1.42. The molecule has 0 bridgehead atoms. The maximum Gasteiger partial charge on any atom is 0.262 e. The molecule has 0 fully saturated rings. The van der Waals surface area contributed by atoms with Crippen LogP contribution in [0.15, 0.2) is 64.2 Å². The Labute approximate surface area is 161 Å². The molecular formula is C20H19N3O3S. The number of aromatic nitrogens is 1. The van der Waals surface area contributed by atoms with E-state index >= 15 is 0 Å². The summed E-state index contributed by atoms with van der Waals surface area (Å²) in [5.74, 6) is -0.680. The van der Waals surface area contributed by atoms with E-state index in [4.69, 9.17) is 4.42 Å². The molecule has 2 aromatic carbocycles. The van der Waals surface area contributed by atoms with Crippen molar-refractivity contribution in [1.29, 1.82) is 0 Å². The second-order valence-electron chi connectivity index (χ2n) is 5.70. The molecule has 0 saturated carbocycles. The van der Waals surface area contributed by atoms with E-state index in [0.717, 1.165) is 29.3 Å². The van der Waals surface area contributed by atoms with Gasteiger partial charge in [0.15, 0.2) is 5.58 Å². The zero-order chi connectivity index (χ0) is 19.1. The van der Waals surface area contributed by atoms with Gasteiger partial charge in [-0.2, -0.15) is 0 Å². The minimum atomic E-state index is -0.408. The Hall–Kier alpha value is -3.06. The normalized spacial score (nSPS) is 11.0. The molecule has 0 saturated heterocycles. The molecule has 0 aliphatic heterocycles. The Kier molecular flexibility index (Phi) is 6.27. The fourth-order valence-corrected chi connectivity index (χ4v) is 2.92. The van der Waals surface area contributed by atoms with E-state index in [1.54, 1.807) is 6.08 Å². The molecular weight excluding hydrogens is 362 g/mol. The maximum atomic E-state index is 11.8. The zero-order valence-electron chi connectivity index (χ0n) is 14.8. The number of rotatable bonds is 6. The van der Waals surface area contributed by atoms with Gasteiger partial charge in [-0.3, -0.25) is 20.4 Å². The van der Waals surface area contributed by atoms with Gasteiger partial charge in [-0.15, -0.1) is 0 Å². The van der Waals surface area contributed by atoms with E-state index in [-0.39, 0.29) is 11.7 Å². The van der Waals surface area contributed by atoms with Crippen LogP contribution in [-0.2, 0) is 16.0 Å². The molecule has 0 radical (unpaired) electrons. The number of fused-ring (bicyclic) bond motifs is 1. The van der Waals surface area contributed by atoms with Gasteiger partial charge in [0.05, 0.1) is 5.75 Å². The number of carbonyl (C=O) groups excluding carboxylic acids is 2. The number of carbonyl (C=O) groups is 2. The van der Waals surface area contributed by atoms with Gasteiger partial charge in [0.2, 0.25) is 5.91 Å². The summed E-state index contributed by atoms with van der Waals surface area (Å²) in [6.07, 6.45) is 4.03. The highest BCUT2D eigenvalue weighted by Crippen LogP contribution is 2.22. The molecule has 3 rings (SSSR count). The molecule has 0 aliphatic carbocycles. The molecule has 6 nitrogen and oxygen atoms in total. The standard InChI is InChI=1S/C20H19N3O3S/c1-2-14-7-9-15(10-8-14)11-12-18(24)22-23-19(25)13-27-20-21-16-5-3-4-6-17(16)26-20/h3-12H,2,13H2,1H3,(H,22,24)(H,23,25)/b12-11+. The third-order valence-electron chi connectivity index (χ3n) is 3.74. The fraction of sp³-hybridized carbons (Fsp3) is 0.150. The Morgan fingerprint density at radius 3 is 2.63 bits per heavy atom. The molecule has 3 aromatic rings. The van der Waals surface area contributed by atoms with Crippen LogP contribution >= 0.6 is 11.8 Å². The molecule has 0 unspecified atom stereocenters. The highest BCUT2D eigenvalue weighted by Gasteiger charge is 2.09. The average Bonchev–Trinajstić information content (AvgIpc) is 3.12. The van der Waals surface area contributed by atoms with E-state index in [1.807, 2.05) is 48.5 Å². The maximum absolute atomic E-state index is 11.8. The number of hydrogen-bond donors (Lipinski definition) is 2. The Morgan fingerprint density at radius 2 is 1.89 bits per heavy atom. The first-order valence-electron chi connectivity index (χ1n) is 8.48. The van der Waals surface area contributed by atoms with Gasteiger partial charge in [-0.25, -0.2) is 4.98 Å². The Bertz CT molecular complexity index is 931. The van der Waals surface area contributed by atoms with Crippen molar-refractivity contribution in [3.05, 3.63) is 65.7 Å². The van der Waals surface area contributed by atoms with Crippen molar-refractivity contribution in [2.45, 2.75) is 18.6 Å². The van der Waals surface area contributed by atoms with Gasteiger partial charge >= 0.3 is 0 Å². The lowest BCUT2D eigenvalue weighted by molar-refractivity contribution is -0.125. The topological polar surface area (TPSA) is 84.2 Å². The van der Waals surface area contributed by atoms with Crippen molar-refractivity contribution < 1.29 is 14.0 Å². The lowest BCUT2D eigenvalue weighted by Crippen LogP contribution is -2.41. The number of amides is 2. The summed E-state index contributed by atoms with van der Waals surface area (Å²) in [6, 6.07) is 15.3. The highest BCUT2D eigenvalue weighted by molar-refractivity contribution is 7.99. The fourth-order valence-electron chi connectivity index (χ4n) is 2.29. The van der Waals surface area contributed by atoms with Gasteiger partial charge in [-0.1, -0.05) is 55.1 Å². The summed E-state index contributed by atoms with van der Waals surface area (Å²) in [5, 5.41) is 0.410. The second-order valence-corrected chi connectivity index (χ2v) is 6.63. The predicted octanol–water partition coefficient (Wildman–Crippen LogP) is 3.34. The smallest absolute Gasteiger partial charge is 0.262 e. The molecule has 27 heavy (non-hydrogen) atoms. The van der Waals surface area contributed by atoms with Gasteiger partial charge in [0.25, 0.3) is 11.1 Å². The van der Waals surface area contributed by atoms with Crippen LogP contribution in [-0.4, -0.2) is 22.6 Å². The number of nitrogens with one attached hydrogen (secondary N) is 2. The van der Waals surface area contributed by atoms with E-state index in [1.165, 1.54) is 11.6 Å². The first-order chi connectivity index (χ1) is 13.1. The second kappa shape index (κ2) is 9.05. The van der Waals surface area contributed by atoms with E-state index in [2.05, 4.69) is 22.8 Å². The van der Waals surface area contributed by atoms with Gasteiger partial charge in [0, 0.05) is 6.08 Å². The lowest BCUT2D eigenvalue weighted by Gasteiger charge is -2.03. The van der Waals surface area contributed by atoms with Crippen molar-refractivity contribution in [2.75, 3.05) is 5.75 Å². The lowest BCUT2D eigenvalue weighted by atomic mass is 10.1. The van der Waals surface area contributed by atoms with Crippen LogP contribution in [0, 0.1) is 0 Å². The molecule has 7 heteroatoms.